The maximum Gasteiger partial charge on any atom is 0.333 e. The minimum absolute atomic E-state index is 0.258. The van der Waals surface area contributed by atoms with Gasteiger partial charge in [0.15, 0.2) is 0 Å². The molecule has 0 aliphatic carbocycles. The fourth-order valence-electron chi connectivity index (χ4n) is 2.13. The summed E-state index contributed by atoms with van der Waals surface area (Å²) in [6.45, 7) is 15.2. The van der Waals surface area contributed by atoms with Crippen molar-refractivity contribution < 1.29 is 19.1 Å². The van der Waals surface area contributed by atoms with Crippen molar-refractivity contribution in [2.45, 2.75) is 91.9 Å². The summed E-state index contributed by atoms with van der Waals surface area (Å²) in [5.41, 5.74) is 0.939. The van der Waals surface area contributed by atoms with Crippen LogP contribution in [0.5, 0.6) is 0 Å². The number of ether oxygens (including phenoxy) is 2. The summed E-state index contributed by atoms with van der Waals surface area (Å²) in [7, 11) is 0. The van der Waals surface area contributed by atoms with E-state index >= 15 is 0 Å². The smallest absolute Gasteiger partial charge is 0.333 e. The lowest BCUT2D eigenvalue weighted by atomic mass is 10.1. The predicted octanol–water partition coefficient (Wildman–Crippen LogP) is 6.15. The average molecular weight is 369 g/mol. The second-order valence-electron chi connectivity index (χ2n) is 6.60. The van der Waals surface area contributed by atoms with Gasteiger partial charge in [0.2, 0.25) is 0 Å². The van der Waals surface area contributed by atoms with Crippen LogP contribution in [0.4, 0.5) is 0 Å². The molecule has 0 fully saturated rings. The average Bonchev–Trinajstić information content (AvgIpc) is 2.60. The lowest BCUT2D eigenvalue weighted by Crippen LogP contribution is -2.05. The summed E-state index contributed by atoms with van der Waals surface area (Å²) in [4.78, 5) is 21.5. The summed E-state index contributed by atoms with van der Waals surface area (Å²) in [6.07, 6.45) is 13.0. The van der Waals surface area contributed by atoms with E-state index in [9.17, 15) is 9.59 Å². The van der Waals surface area contributed by atoms with E-state index in [4.69, 9.17) is 4.74 Å². The number of carbonyl (C=O) groups is 2. The first-order chi connectivity index (χ1) is 12.4. The Balaban J connectivity index is 0. The lowest BCUT2D eigenvalue weighted by Gasteiger charge is -2.04. The number of hydrogen-bond acceptors (Lipinski definition) is 4. The second-order valence-corrected chi connectivity index (χ2v) is 6.60. The molecule has 0 aliphatic rings. The molecule has 0 saturated carbocycles. The Hall–Kier alpha value is -1.58. The summed E-state index contributed by atoms with van der Waals surface area (Å²) in [5.74, 6) is -0.571. The van der Waals surface area contributed by atoms with Gasteiger partial charge in [0.05, 0.1) is 13.2 Å². The molecule has 0 aromatic rings. The Morgan fingerprint density at radius 2 is 1.04 bits per heavy atom. The molecule has 0 aliphatic heterocycles. The molecular weight excluding hydrogens is 328 g/mol. The molecule has 0 unspecified atom stereocenters. The highest BCUT2D eigenvalue weighted by molar-refractivity contribution is 5.87. The van der Waals surface area contributed by atoms with Gasteiger partial charge in [-0.3, -0.25) is 0 Å². The van der Waals surface area contributed by atoms with E-state index in [0.29, 0.717) is 24.4 Å². The zero-order valence-corrected chi connectivity index (χ0v) is 17.5. The minimum Gasteiger partial charge on any atom is -0.463 e. The molecule has 26 heavy (non-hydrogen) atoms. The van der Waals surface area contributed by atoms with Crippen LogP contribution in [-0.2, 0) is 19.1 Å². The van der Waals surface area contributed by atoms with Crippen LogP contribution < -0.4 is 0 Å². The maximum atomic E-state index is 11.1. The third-order valence-electron chi connectivity index (χ3n) is 3.70. The van der Waals surface area contributed by atoms with Gasteiger partial charge >= 0.3 is 11.9 Å². The van der Waals surface area contributed by atoms with Gasteiger partial charge in [0, 0.05) is 11.1 Å². The van der Waals surface area contributed by atoms with E-state index in [1.807, 2.05) is 0 Å². The molecule has 152 valence electrons. The van der Waals surface area contributed by atoms with E-state index in [1.54, 1.807) is 20.8 Å². The highest BCUT2D eigenvalue weighted by atomic mass is 16.5. The van der Waals surface area contributed by atoms with E-state index in [1.165, 1.54) is 57.8 Å². The molecule has 0 N–H and O–H groups in total. The van der Waals surface area contributed by atoms with Crippen molar-refractivity contribution in [3.8, 4) is 0 Å². The molecule has 0 atom stereocenters. The summed E-state index contributed by atoms with van der Waals surface area (Å²) in [6, 6.07) is 0. The number of esters is 2. The summed E-state index contributed by atoms with van der Waals surface area (Å²) >= 11 is 0. The Labute approximate surface area is 161 Å². The molecular formula is C22H40O4. The Morgan fingerprint density at radius 1 is 0.654 bits per heavy atom. The van der Waals surface area contributed by atoms with Crippen LogP contribution in [0, 0.1) is 0 Å². The molecule has 0 amide bonds. The van der Waals surface area contributed by atoms with E-state index in [0.717, 1.165) is 6.42 Å². The molecule has 0 spiro atoms. The van der Waals surface area contributed by atoms with E-state index < -0.39 is 0 Å². The van der Waals surface area contributed by atoms with Crippen LogP contribution in [0.2, 0.25) is 0 Å². The quantitative estimate of drug-likeness (QED) is 0.209. The third-order valence-corrected chi connectivity index (χ3v) is 3.70. The molecule has 0 heterocycles. The predicted molar refractivity (Wildman–Crippen MR) is 109 cm³/mol. The van der Waals surface area contributed by atoms with Crippen molar-refractivity contribution in [3.05, 3.63) is 24.3 Å². The van der Waals surface area contributed by atoms with Gasteiger partial charge in [-0.2, -0.15) is 0 Å². The maximum absolute atomic E-state index is 11.1. The molecule has 0 saturated heterocycles. The molecule has 0 aromatic carbocycles. The van der Waals surface area contributed by atoms with Crippen LogP contribution in [0.25, 0.3) is 0 Å². The summed E-state index contributed by atoms with van der Waals surface area (Å²) < 4.78 is 9.60. The fourth-order valence-corrected chi connectivity index (χ4v) is 2.13. The normalized spacial score (nSPS) is 9.69. The fraction of sp³-hybridized carbons (Fsp3) is 0.727. The first kappa shape index (κ1) is 26.6. The van der Waals surface area contributed by atoms with Crippen LogP contribution in [0.3, 0.4) is 0 Å². The van der Waals surface area contributed by atoms with Crippen LogP contribution >= 0.6 is 0 Å². The highest BCUT2D eigenvalue weighted by Gasteiger charge is 2.01. The van der Waals surface area contributed by atoms with Gasteiger partial charge in [-0.05, 0) is 27.2 Å². The highest BCUT2D eigenvalue weighted by Crippen LogP contribution is 2.10. The standard InChI is InChI=1S/C16H30O2.C6H10O2/c1-4-5-6-7-8-9-10-11-12-13-14-18-16(17)15(2)3;1-4-8-6(7)5(2)3/h2,4-14H2,1,3H3;2,4H2,1,3H3. The first-order valence-electron chi connectivity index (χ1n) is 10.0. The van der Waals surface area contributed by atoms with Crippen molar-refractivity contribution in [3.63, 3.8) is 0 Å². The van der Waals surface area contributed by atoms with Crippen molar-refractivity contribution in [2.75, 3.05) is 13.2 Å². The third kappa shape index (κ3) is 20.5. The molecule has 0 bridgehead atoms. The lowest BCUT2D eigenvalue weighted by molar-refractivity contribution is -0.139. The Morgan fingerprint density at radius 3 is 1.38 bits per heavy atom. The number of rotatable bonds is 14. The Kier molecular flexibility index (Phi) is 20.2. The number of carbonyl (C=O) groups excluding carboxylic acids is 2. The molecule has 0 rings (SSSR count). The molecule has 4 nitrogen and oxygen atoms in total. The largest absolute Gasteiger partial charge is 0.463 e. The van der Waals surface area contributed by atoms with Gasteiger partial charge in [0.25, 0.3) is 0 Å². The topological polar surface area (TPSA) is 52.6 Å². The minimum atomic E-state index is -0.312. The van der Waals surface area contributed by atoms with Crippen LogP contribution in [-0.4, -0.2) is 25.2 Å². The second kappa shape index (κ2) is 19.7. The van der Waals surface area contributed by atoms with Crippen molar-refractivity contribution in [1.82, 2.24) is 0 Å². The van der Waals surface area contributed by atoms with Crippen molar-refractivity contribution >= 4 is 11.9 Å². The van der Waals surface area contributed by atoms with Gasteiger partial charge in [-0.15, -0.1) is 0 Å². The van der Waals surface area contributed by atoms with Gasteiger partial charge in [-0.1, -0.05) is 77.9 Å². The van der Waals surface area contributed by atoms with E-state index in [-0.39, 0.29) is 11.9 Å². The van der Waals surface area contributed by atoms with Crippen molar-refractivity contribution in [1.29, 1.82) is 0 Å². The van der Waals surface area contributed by atoms with Crippen molar-refractivity contribution in [2.24, 2.45) is 0 Å². The van der Waals surface area contributed by atoms with E-state index in [2.05, 4.69) is 24.8 Å². The SMILES string of the molecule is C=C(C)C(=O)OCC.C=C(C)C(=O)OCCCCCCCCCCCC. The van der Waals surface area contributed by atoms with Gasteiger partial charge in [-0.25, -0.2) is 9.59 Å². The monoisotopic (exact) mass is 368 g/mol. The first-order valence-corrected chi connectivity index (χ1v) is 10.0. The van der Waals surface area contributed by atoms with Crippen LogP contribution in [0.15, 0.2) is 24.3 Å². The van der Waals surface area contributed by atoms with Gasteiger partial charge in [0.1, 0.15) is 0 Å². The molecule has 0 aromatic heterocycles. The molecule has 0 radical (unpaired) electrons. The zero-order valence-electron chi connectivity index (χ0n) is 17.5. The van der Waals surface area contributed by atoms with Crippen LogP contribution in [0.1, 0.15) is 91.9 Å². The Bertz CT molecular complexity index is 399. The number of hydrogen-bond donors (Lipinski definition) is 0. The summed E-state index contributed by atoms with van der Waals surface area (Å²) in [5, 5.41) is 0. The zero-order chi connectivity index (χ0) is 20.2. The molecule has 4 heteroatoms. The van der Waals surface area contributed by atoms with Gasteiger partial charge < -0.3 is 9.47 Å². The number of unbranched alkanes of at least 4 members (excludes halogenated alkanes) is 9.